The molecule has 3 aromatic rings. The van der Waals surface area contributed by atoms with Crippen LogP contribution in [0.15, 0.2) is 47.6 Å². The minimum absolute atomic E-state index is 0.0184. The Labute approximate surface area is 174 Å². The van der Waals surface area contributed by atoms with Crippen molar-refractivity contribution >= 4 is 40.1 Å². The quantitative estimate of drug-likeness (QED) is 0.610. The van der Waals surface area contributed by atoms with E-state index in [1.165, 1.54) is 49.3 Å². The molecular formula is C22H25N5OS. The highest BCUT2D eigenvalue weighted by molar-refractivity contribution is 7.99. The molecule has 1 N–H and O–H groups in total. The summed E-state index contributed by atoms with van der Waals surface area (Å²) in [6.07, 6.45) is 6.08. The van der Waals surface area contributed by atoms with Crippen LogP contribution in [0.3, 0.4) is 0 Å². The van der Waals surface area contributed by atoms with E-state index >= 15 is 0 Å². The summed E-state index contributed by atoms with van der Waals surface area (Å²) in [5.74, 6) is 1.30. The van der Waals surface area contributed by atoms with E-state index in [0.717, 1.165) is 35.3 Å². The van der Waals surface area contributed by atoms with E-state index in [1.54, 1.807) is 0 Å². The molecule has 0 unspecified atom stereocenters. The molecule has 2 aliphatic rings. The maximum Gasteiger partial charge on any atom is 0.234 e. The van der Waals surface area contributed by atoms with Crippen molar-refractivity contribution in [2.24, 2.45) is 0 Å². The lowest BCUT2D eigenvalue weighted by atomic mass is 10.1. The molecule has 150 valence electrons. The molecule has 0 spiro atoms. The molecule has 1 saturated carbocycles. The maximum absolute atomic E-state index is 12.5. The molecule has 6 nitrogen and oxygen atoms in total. The predicted octanol–water partition coefficient (Wildman–Crippen LogP) is 4.49. The van der Waals surface area contributed by atoms with Crippen LogP contribution < -0.4 is 10.2 Å². The number of anilines is 2. The monoisotopic (exact) mass is 407 g/mol. The Kier molecular flexibility index (Phi) is 5.14. The lowest BCUT2D eigenvalue weighted by Gasteiger charge is -2.27. The van der Waals surface area contributed by atoms with Gasteiger partial charge in [-0.3, -0.25) is 9.36 Å². The third kappa shape index (κ3) is 4.10. The van der Waals surface area contributed by atoms with Gasteiger partial charge in [-0.2, -0.15) is 0 Å². The molecule has 1 amide bonds. The number of piperidine rings is 1. The van der Waals surface area contributed by atoms with Crippen LogP contribution in [0, 0.1) is 0 Å². The van der Waals surface area contributed by atoms with Crippen molar-refractivity contribution in [2.45, 2.75) is 43.3 Å². The Bertz CT molecular complexity index is 1020. The molecule has 5 rings (SSSR count). The van der Waals surface area contributed by atoms with E-state index in [0.29, 0.717) is 11.8 Å². The SMILES string of the molecule is O=C(CSc1nnc(N2CCCCC2)n1C1CC1)Nc1ccc2ccccc2c1. The van der Waals surface area contributed by atoms with Crippen molar-refractivity contribution < 1.29 is 4.79 Å². The molecular weight excluding hydrogens is 382 g/mol. The average Bonchev–Trinajstić information content (AvgIpc) is 3.51. The van der Waals surface area contributed by atoms with Crippen LogP contribution in [0.1, 0.15) is 38.1 Å². The highest BCUT2D eigenvalue weighted by Crippen LogP contribution is 2.41. The molecule has 2 heterocycles. The molecule has 0 bridgehead atoms. The number of carbonyl (C=O) groups excluding carboxylic acids is 1. The smallest absolute Gasteiger partial charge is 0.234 e. The molecule has 7 heteroatoms. The summed E-state index contributed by atoms with van der Waals surface area (Å²) < 4.78 is 2.26. The molecule has 0 atom stereocenters. The fraction of sp³-hybridized carbons (Fsp3) is 0.409. The predicted molar refractivity (Wildman–Crippen MR) is 118 cm³/mol. The first-order valence-corrected chi connectivity index (χ1v) is 11.4. The number of fused-ring (bicyclic) bond motifs is 1. The third-order valence-corrected chi connectivity index (χ3v) is 6.51. The second-order valence-corrected chi connectivity index (χ2v) is 8.77. The topological polar surface area (TPSA) is 63.1 Å². The molecule has 2 aromatic carbocycles. The van der Waals surface area contributed by atoms with Gasteiger partial charge >= 0.3 is 0 Å². The van der Waals surface area contributed by atoms with E-state index < -0.39 is 0 Å². The Balaban J connectivity index is 1.25. The first-order chi connectivity index (χ1) is 14.3. The number of amides is 1. The van der Waals surface area contributed by atoms with Gasteiger partial charge in [-0.25, -0.2) is 0 Å². The van der Waals surface area contributed by atoms with Crippen LogP contribution in [0.4, 0.5) is 11.6 Å². The van der Waals surface area contributed by atoms with Gasteiger partial charge in [-0.1, -0.05) is 42.1 Å². The van der Waals surface area contributed by atoms with Gasteiger partial charge in [0.25, 0.3) is 0 Å². The summed E-state index contributed by atoms with van der Waals surface area (Å²) >= 11 is 1.48. The Morgan fingerprint density at radius 1 is 1.03 bits per heavy atom. The number of nitrogens with zero attached hydrogens (tertiary/aromatic N) is 4. The Morgan fingerprint density at radius 3 is 2.62 bits per heavy atom. The van der Waals surface area contributed by atoms with Crippen LogP contribution in [-0.4, -0.2) is 39.5 Å². The lowest BCUT2D eigenvalue weighted by molar-refractivity contribution is -0.113. The zero-order valence-electron chi connectivity index (χ0n) is 16.4. The van der Waals surface area contributed by atoms with Crippen molar-refractivity contribution in [1.29, 1.82) is 0 Å². The molecule has 29 heavy (non-hydrogen) atoms. The van der Waals surface area contributed by atoms with Crippen LogP contribution in [-0.2, 0) is 4.79 Å². The molecule has 0 radical (unpaired) electrons. The summed E-state index contributed by atoms with van der Waals surface area (Å²) in [4.78, 5) is 14.9. The average molecular weight is 408 g/mol. The zero-order valence-corrected chi connectivity index (χ0v) is 17.2. The van der Waals surface area contributed by atoms with E-state index in [4.69, 9.17) is 0 Å². The number of hydrogen-bond donors (Lipinski definition) is 1. The molecule has 1 saturated heterocycles. The van der Waals surface area contributed by atoms with Gasteiger partial charge in [0.15, 0.2) is 5.16 Å². The van der Waals surface area contributed by atoms with E-state index in [9.17, 15) is 4.79 Å². The molecule has 2 fully saturated rings. The second-order valence-electron chi connectivity index (χ2n) is 7.83. The van der Waals surface area contributed by atoms with Crippen molar-refractivity contribution in [3.8, 4) is 0 Å². The van der Waals surface area contributed by atoms with Gasteiger partial charge in [0.05, 0.1) is 5.75 Å². The standard InChI is InChI=1S/C22H25N5OS/c28-20(23-18-9-8-16-6-2-3-7-17(16)14-18)15-29-22-25-24-21(27(22)19-10-11-19)26-12-4-1-5-13-26/h2-3,6-9,14,19H,1,4-5,10-13,15H2,(H,23,28). The fourth-order valence-corrected chi connectivity index (χ4v) is 4.72. The number of carbonyl (C=O) groups is 1. The number of hydrogen-bond acceptors (Lipinski definition) is 5. The fourth-order valence-electron chi connectivity index (χ4n) is 3.92. The highest BCUT2D eigenvalue weighted by Gasteiger charge is 2.32. The van der Waals surface area contributed by atoms with Crippen LogP contribution in [0.25, 0.3) is 10.8 Å². The Morgan fingerprint density at radius 2 is 1.83 bits per heavy atom. The van der Waals surface area contributed by atoms with Crippen LogP contribution in [0.5, 0.6) is 0 Å². The molecule has 1 aliphatic carbocycles. The first-order valence-electron chi connectivity index (χ1n) is 10.4. The minimum atomic E-state index is -0.0184. The van der Waals surface area contributed by atoms with Crippen molar-refractivity contribution in [2.75, 3.05) is 29.1 Å². The van der Waals surface area contributed by atoms with Gasteiger partial charge in [-0.15, -0.1) is 10.2 Å². The number of benzene rings is 2. The summed E-state index contributed by atoms with van der Waals surface area (Å²) in [5, 5.41) is 15.1. The largest absolute Gasteiger partial charge is 0.341 e. The van der Waals surface area contributed by atoms with Crippen molar-refractivity contribution in [1.82, 2.24) is 14.8 Å². The summed E-state index contributed by atoms with van der Waals surface area (Å²) in [6.45, 7) is 2.11. The van der Waals surface area contributed by atoms with Gasteiger partial charge in [0.1, 0.15) is 0 Å². The van der Waals surface area contributed by atoms with Gasteiger partial charge in [0, 0.05) is 24.8 Å². The maximum atomic E-state index is 12.5. The Hall–Kier alpha value is -2.54. The van der Waals surface area contributed by atoms with E-state index in [-0.39, 0.29) is 5.91 Å². The second kappa shape index (κ2) is 8.06. The number of nitrogens with one attached hydrogen (secondary N) is 1. The van der Waals surface area contributed by atoms with Crippen molar-refractivity contribution in [3.63, 3.8) is 0 Å². The normalized spacial score (nSPS) is 16.9. The molecule has 1 aromatic heterocycles. The molecule has 1 aliphatic heterocycles. The van der Waals surface area contributed by atoms with Crippen LogP contribution in [0.2, 0.25) is 0 Å². The van der Waals surface area contributed by atoms with Crippen molar-refractivity contribution in [3.05, 3.63) is 42.5 Å². The zero-order chi connectivity index (χ0) is 19.6. The number of thioether (sulfide) groups is 1. The minimum Gasteiger partial charge on any atom is -0.341 e. The van der Waals surface area contributed by atoms with Crippen LogP contribution >= 0.6 is 11.8 Å². The van der Waals surface area contributed by atoms with Gasteiger partial charge < -0.3 is 10.2 Å². The van der Waals surface area contributed by atoms with E-state index in [2.05, 4.69) is 37.1 Å². The summed E-state index contributed by atoms with van der Waals surface area (Å²) in [6, 6.07) is 14.6. The van der Waals surface area contributed by atoms with Gasteiger partial charge in [-0.05, 0) is 55.0 Å². The third-order valence-electron chi connectivity index (χ3n) is 5.56. The van der Waals surface area contributed by atoms with E-state index in [1.807, 2.05) is 30.3 Å². The first kappa shape index (κ1) is 18.5. The van der Waals surface area contributed by atoms with Gasteiger partial charge in [0.2, 0.25) is 11.9 Å². The summed E-state index contributed by atoms with van der Waals surface area (Å²) in [5.41, 5.74) is 0.826. The summed E-state index contributed by atoms with van der Waals surface area (Å²) in [7, 11) is 0. The lowest BCUT2D eigenvalue weighted by Crippen LogP contribution is -2.32. The number of rotatable bonds is 6. The number of aromatic nitrogens is 3. The highest BCUT2D eigenvalue weighted by atomic mass is 32.2.